The summed E-state index contributed by atoms with van der Waals surface area (Å²) < 4.78 is 112. The van der Waals surface area contributed by atoms with Crippen LogP contribution in [0.2, 0.25) is 0 Å². The molecule has 0 aromatic carbocycles. The van der Waals surface area contributed by atoms with E-state index in [2.05, 4.69) is 65.9 Å². The minimum absolute atomic E-state index is 0.00856. The molecule has 2 aromatic heterocycles. The van der Waals surface area contributed by atoms with Gasteiger partial charge in [-0.2, -0.15) is 33.5 Å². The van der Waals surface area contributed by atoms with Crippen molar-refractivity contribution in [3.63, 3.8) is 0 Å². The third-order valence-electron chi connectivity index (χ3n) is 18.7. The number of ether oxygens (including phenoxy) is 10. The lowest BCUT2D eigenvalue weighted by molar-refractivity contribution is -0.123. The van der Waals surface area contributed by atoms with Crippen LogP contribution in [0.4, 0.5) is 21.2 Å². The number of phosphoric acid groups is 2. The molecule has 0 bridgehead atoms. The van der Waals surface area contributed by atoms with E-state index in [-0.39, 0.29) is 117 Å². The Hall–Kier alpha value is -4.28. The summed E-state index contributed by atoms with van der Waals surface area (Å²) >= 11 is 22.9. The fourth-order valence-corrected chi connectivity index (χ4v) is 22.0. The summed E-state index contributed by atoms with van der Waals surface area (Å²) in [6.45, 7) is 5.46. The number of aryl methyl sites for hydroxylation is 2. The van der Waals surface area contributed by atoms with Crippen LogP contribution in [0.1, 0.15) is 101 Å². The number of fused-ring (bicyclic) bond motifs is 2. The van der Waals surface area contributed by atoms with Crippen LogP contribution in [0, 0.1) is 0 Å². The summed E-state index contributed by atoms with van der Waals surface area (Å²) in [6, 6.07) is 0.655. The number of urea groups is 2. The van der Waals surface area contributed by atoms with E-state index in [9.17, 15) is 86.8 Å². The van der Waals surface area contributed by atoms with E-state index in [0.717, 1.165) is 59.2 Å². The van der Waals surface area contributed by atoms with Crippen LogP contribution in [-0.2, 0) is 111 Å². The van der Waals surface area contributed by atoms with E-state index < -0.39 is 101 Å². The summed E-state index contributed by atoms with van der Waals surface area (Å²) in [7, 11) is -10.3. The van der Waals surface area contributed by atoms with Crippen molar-refractivity contribution >= 4 is 144 Å². The predicted molar refractivity (Wildman–Crippen MR) is 446 cm³/mol. The Labute approximate surface area is 735 Å². The van der Waals surface area contributed by atoms with Crippen LogP contribution >= 0.6 is 96.3 Å². The van der Waals surface area contributed by atoms with Gasteiger partial charge in [0.05, 0.1) is 143 Å². The minimum atomic E-state index is -5.24. The zero-order valence-electron chi connectivity index (χ0n) is 67.0. The molecule has 6 aliphatic heterocycles. The molecule has 0 aliphatic carbocycles. The number of amides is 8. The van der Waals surface area contributed by atoms with E-state index in [1.54, 1.807) is 0 Å². The number of aliphatic hydroxyl groups is 4. The number of hydrogen-bond acceptors (Lipinski definition) is 35. The van der Waals surface area contributed by atoms with Crippen LogP contribution in [-0.4, -0.2) is 323 Å². The van der Waals surface area contributed by atoms with Crippen molar-refractivity contribution in [3.8, 4) is 0 Å². The number of hydrogen-bond donors (Lipinski definition) is 18. The maximum Gasteiger partial charge on any atom is 0.470 e. The predicted octanol–water partition coefficient (Wildman–Crippen LogP) is -0.0230. The smallest absolute Gasteiger partial charge is 0.394 e. The Morgan fingerprint density at radius 1 is 0.488 bits per heavy atom. The van der Waals surface area contributed by atoms with Gasteiger partial charge in [-0.3, -0.25) is 46.5 Å². The molecular weight excluding hydrogens is 1850 g/mol. The first-order chi connectivity index (χ1) is 58.4. The van der Waals surface area contributed by atoms with Gasteiger partial charge in [-0.1, -0.05) is 12.8 Å². The highest BCUT2D eigenvalue weighted by atomic mass is 35.9. The monoisotopic (exact) mass is 1960 g/mol. The second kappa shape index (κ2) is 56.3. The zero-order valence-corrected chi connectivity index (χ0v) is 75.2. The Balaban J connectivity index is 0.000000348. The number of nitrogens with two attached hydrogens (primary N) is 2. The molecule has 2 aromatic rings. The van der Waals surface area contributed by atoms with Crippen molar-refractivity contribution in [1.82, 2.24) is 61.6 Å². The van der Waals surface area contributed by atoms with Gasteiger partial charge < -0.3 is 141 Å². The topological polar surface area (TPSA) is 671 Å². The number of carbonyl (C=O) groups is 6. The number of unbranched alkanes of at least 4 members (excludes halogenated alkanes) is 2. The zero-order chi connectivity index (χ0) is 90.1. The number of rotatable bonds is 58. The Bertz CT molecular complexity index is 3910. The maximum absolute atomic E-state index is 12.6. The Morgan fingerprint density at radius 3 is 1.22 bits per heavy atom. The van der Waals surface area contributed by atoms with Crippen LogP contribution in [0.5, 0.6) is 0 Å². The molecule has 0 radical (unpaired) electrons. The first-order valence-electron chi connectivity index (χ1n) is 39.3. The van der Waals surface area contributed by atoms with Crippen molar-refractivity contribution in [2.24, 2.45) is 0 Å². The molecule has 20 N–H and O–H groups in total. The second-order valence-corrected chi connectivity index (χ2v) is 41.6. The van der Waals surface area contributed by atoms with Gasteiger partial charge in [-0.05, 0) is 96.3 Å². The molecule has 8 heterocycles. The number of nitrogens with zero attached hydrogens (tertiary/aromatic N) is 4. The van der Waals surface area contributed by atoms with Crippen LogP contribution < -0.4 is 65.4 Å². The molecule has 704 valence electrons. The average Bonchev–Trinajstić information content (AvgIpc) is 1.65. The third-order valence-corrected chi connectivity index (χ3v) is 26.5. The molecule has 0 spiro atoms. The maximum atomic E-state index is 12.6. The number of anilines is 2. The quantitative estimate of drug-likeness (QED) is 0.0235. The molecule has 47 nitrogen and oxygen atoms in total. The number of halogens is 4. The van der Waals surface area contributed by atoms with Crippen molar-refractivity contribution < 1.29 is 148 Å². The normalized spacial score (nSPS) is 23.5. The lowest BCUT2D eigenvalue weighted by Gasteiger charge is -2.21. The first-order valence-corrected chi connectivity index (χ1v) is 51.3. The van der Waals surface area contributed by atoms with Crippen LogP contribution in [0.3, 0.4) is 0 Å². The molecular formula is C66H112Cl4N14O33P4S2. The van der Waals surface area contributed by atoms with Gasteiger partial charge in [0.15, 0.2) is 12.5 Å². The highest BCUT2D eigenvalue weighted by Gasteiger charge is 2.50. The van der Waals surface area contributed by atoms with E-state index in [1.165, 1.54) is 12.4 Å². The molecule has 14 atom stereocenters. The van der Waals surface area contributed by atoms with Gasteiger partial charge in [0.1, 0.15) is 48.3 Å². The lowest BCUT2D eigenvalue weighted by Crippen LogP contribution is -2.38. The Kier molecular flexibility index (Phi) is 49.2. The van der Waals surface area contributed by atoms with Gasteiger partial charge in [0.25, 0.3) is 0 Å². The second-order valence-electron chi connectivity index (χ2n) is 28.0. The van der Waals surface area contributed by atoms with Crippen LogP contribution in [0.15, 0.2) is 22.0 Å². The van der Waals surface area contributed by atoms with Crippen LogP contribution in [0.25, 0.3) is 0 Å². The SMILES string of the molecule is Nc1nc(=O)n([C@@H]2O[C@H](CO)C(O)[C@@H]2O)cc1CCCNC(=O)CCOCCOCCOCCOCCNC(=O)CCCC[C@@H]1SC[C@@H]2NC(=O)N[C@@H]21.Nc1nc(=O)n([C@@H]2O[C@H](COP(=O)(O)O)C(OP(=O)(O)O)[C@@H]2O)cc1CCCNC(=O)CCOCCOCCOCCOCCNC(=O)CCCC[C@@H]1SC[C@@H]2NC(=O)N[C@@H]21.O=P(Cl)(Cl)OP(=O)(Cl)Cl. The first kappa shape index (κ1) is 107. The lowest BCUT2D eigenvalue weighted by atomic mass is 10.0. The number of thioether (sulfide) groups is 2. The molecule has 6 fully saturated rings. The molecule has 2 unspecified atom stereocenters. The number of phosphoric ester groups is 2. The van der Waals surface area contributed by atoms with Crippen molar-refractivity contribution in [3.05, 3.63) is 44.5 Å². The Morgan fingerprint density at radius 2 is 0.854 bits per heavy atom. The van der Waals surface area contributed by atoms with Crippen molar-refractivity contribution in [1.29, 1.82) is 0 Å². The van der Waals surface area contributed by atoms with E-state index in [4.69, 9.17) is 114 Å². The van der Waals surface area contributed by atoms with Gasteiger partial charge in [0.2, 0.25) is 23.6 Å². The summed E-state index contributed by atoms with van der Waals surface area (Å²) in [6.07, 6.45) is -9.12. The van der Waals surface area contributed by atoms with Gasteiger partial charge in [-0.15, -0.1) is 0 Å². The number of carbonyl (C=O) groups excluding carboxylic acids is 6. The molecule has 6 aliphatic rings. The fourth-order valence-electron chi connectivity index (χ4n) is 12.9. The van der Waals surface area contributed by atoms with Gasteiger partial charge in [-0.25, -0.2) is 32.6 Å². The van der Waals surface area contributed by atoms with Crippen molar-refractivity contribution in [2.45, 2.75) is 174 Å². The summed E-state index contributed by atoms with van der Waals surface area (Å²) in [5.74, 6) is 1.28. The highest BCUT2D eigenvalue weighted by molar-refractivity contribution is 8.15. The summed E-state index contributed by atoms with van der Waals surface area (Å²) in [4.78, 5) is 140. The molecule has 8 rings (SSSR count). The summed E-state index contributed by atoms with van der Waals surface area (Å²) in [5, 5.41) is 64.2. The van der Waals surface area contributed by atoms with Gasteiger partial charge >= 0.3 is 51.2 Å². The minimum Gasteiger partial charge on any atom is -0.394 e. The highest BCUT2D eigenvalue weighted by Crippen LogP contribution is 2.74. The molecule has 6 saturated heterocycles. The fraction of sp³-hybridized carbons (Fsp3) is 0.788. The third kappa shape index (κ3) is 42.4. The molecule has 0 saturated carbocycles. The summed E-state index contributed by atoms with van der Waals surface area (Å²) in [5.41, 5.74) is 10.8. The van der Waals surface area contributed by atoms with E-state index in [0.29, 0.717) is 159 Å². The van der Waals surface area contributed by atoms with Gasteiger partial charge in [0, 0.05) is 97.4 Å². The number of aliphatic hydroxyl groups excluding tert-OH is 4. The molecule has 57 heteroatoms. The molecule has 8 amide bonds. The average molecular weight is 1960 g/mol. The van der Waals surface area contributed by atoms with Crippen molar-refractivity contribution in [2.75, 3.05) is 168 Å². The largest absolute Gasteiger partial charge is 0.470 e. The van der Waals surface area contributed by atoms with E-state index in [1.807, 2.05) is 23.5 Å². The number of nitrogen functional groups attached to an aromatic ring is 2. The number of aromatic nitrogens is 4. The van der Waals surface area contributed by atoms with E-state index >= 15 is 0 Å². The standard InChI is InChI=1S/C33H57N7O18P2S.C33H55N7O12S.Cl4O3P2/c34-30-21(18-40(33(45)39-30)31-28(43)29(58-60(49,50)51)23(57-31)19-56-59(46,47)48)4-3-8-35-26(42)7-10-52-12-14-54-16-17-55-15-13-53-11-9-36-25(41)6-2-1-5-24-27-22(20-61-24)37-32(44)38-27;34-30-21(18-40(33(47)39-30)31-29(45)28(44)23(19-41)52-31)4-3-8-35-26(43)7-10-48-12-14-50-16-17-51-15-13-49-11-9-36-25(42)6-2-1-5-24-27-22(20-53-24)37-32(46)38-27;1-8(2,5)7-9(3,4)6/h18,22-24,27-29,31,43H,1-17,19-20H2,(H,35,42)(H,36,41)(H2,34,39,45)(H2,37,38,44)(H2,46,47,48)(H2,49,50,51);18,22-24,27-29,31,41,44-45H,1-17,19-20H2,(H,35,43)(H,36,42)(H2,34,39,47)(H2,37,38,46);/t22-,23+,24-,27-,28-,29?,31+;22-,23+,24-,27-,28?,29-,31+;/m00./s1. The number of nitrogens with one attached hydrogen (secondary N) is 8. The molecule has 123 heavy (non-hydrogen) atoms.